The lowest BCUT2D eigenvalue weighted by Gasteiger charge is -2.22. The van der Waals surface area contributed by atoms with Crippen LogP contribution in [0.4, 0.5) is 0 Å². The van der Waals surface area contributed by atoms with Gasteiger partial charge in [-0.2, -0.15) is 4.73 Å². The Hall–Kier alpha value is -2.18. The van der Waals surface area contributed by atoms with Crippen LogP contribution in [0.3, 0.4) is 0 Å². The van der Waals surface area contributed by atoms with E-state index in [0.717, 1.165) is 46.4 Å². The summed E-state index contributed by atoms with van der Waals surface area (Å²) in [6, 6.07) is 7.71. The molecule has 1 aromatic carbocycles. The number of hydrogen-bond acceptors (Lipinski definition) is 4. The lowest BCUT2D eigenvalue weighted by atomic mass is 10.1. The second-order valence-corrected chi connectivity index (χ2v) is 7.57. The number of rotatable bonds is 5. The molecule has 0 bridgehead atoms. The third-order valence-electron chi connectivity index (χ3n) is 4.96. The van der Waals surface area contributed by atoms with Crippen molar-refractivity contribution < 1.29 is 14.2 Å². The van der Waals surface area contributed by atoms with E-state index in [1.54, 1.807) is 6.20 Å². The molecule has 1 aliphatic rings. The molecule has 4 rings (SSSR count). The predicted octanol–water partition coefficient (Wildman–Crippen LogP) is 3.17. The van der Waals surface area contributed by atoms with Gasteiger partial charge in [0.25, 0.3) is 0 Å². The minimum Gasteiger partial charge on any atom is -0.618 e. The minimum absolute atomic E-state index is 0.471. The molecule has 1 aliphatic heterocycles. The number of fused-ring (bicyclic) bond motifs is 3. The summed E-state index contributed by atoms with van der Waals surface area (Å²) in [4.78, 5) is 4.80. The van der Waals surface area contributed by atoms with Crippen LogP contribution in [0.25, 0.3) is 21.9 Å². The van der Waals surface area contributed by atoms with Crippen molar-refractivity contribution in [1.82, 2.24) is 9.55 Å². The Bertz CT molecular complexity index is 942. The summed E-state index contributed by atoms with van der Waals surface area (Å²) in [7, 11) is 0. The Morgan fingerprint density at radius 3 is 2.73 bits per heavy atom. The Balaban J connectivity index is 1.82. The highest BCUT2D eigenvalue weighted by Crippen LogP contribution is 2.28. The van der Waals surface area contributed by atoms with Gasteiger partial charge in [0.2, 0.25) is 11.7 Å². The van der Waals surface area contributed by atoms with E-state index in [9.17, 15) is 5.21 Å². The predicted molar refractivity (Wildman–Crippen MR) is 99.7 cm³/mol. The van der Waals surface area contributed by atoms with E-state index in [0.29, 0.717) is 24.6 Å². The van der Waals surface area contributed by atoms with Gasteiger partial charge >= 0.3 is 0 Å². The van der Waals surface area contributed by atoms with Gasteiger partial charge in [-0.15, -0.1) is 0 Å². The Morgan fingerprint density at radius 1 is 1.27 bits per heavy atom. The summed E-state index contributed by atoms with van der Waals surface area (Å²) in [6.07, 6.45) is 3.07. The first-order valence-electron chi connectivity index (χ1n) is 9.25. The van der Waals surface area contributed by atoms with Gasteiger partial charge in [0.05, 0.1) is 24.1 Å². The van der Waals surface area contributed by atoms with Gasteiger partial charge < -0.3 is 19.2 Å². The van der Waals surface area contributed by atoms with Gasteiger partial charge in [-0.3, -0.25) is 0 Å². The Kier molecular flexibility index (Phi) is 4.32. The molecule has 0 saturated carbocycles. The topological polar surface area (TPSA) is 63.2 Å². The van der Waals surface area contributed by atoms with Gasteiger partial charge in [0.15, 0.2) is 11.3 Å². The van der Waals surface area contributed by atoms with Crippen LogP contribution in [0.5, 0.6) is 0 Å². The highest BCUT2D eigenvalue weighted by molar-refractivity contribution is 6.00. The third-order valence-corrected chi connectivity index (χ3v) is 4.96. The molecular formula is C20H25N3O3. The molecule has 0 radical (unpaired) electrons. The molecule has 6 heteroatoms. The van der Waals surface area contributed by atoms with E-state index < -0.39 is 5.79 Å². The highest BCUT2D eigenvalue weighted by atomic mass is 16.7. The molecule has 0 unspecified atom stereocenters. The van der Waals surface area contributed by atoms with Crippen LogP contribution in [0.2, 0.25) is 0 Å². The van der Waals surface area contributed by atoms with Crippen molar-refractivity contribution >= 4 is 21.9 Å². The van der Waals surface area contributed by atoms with E-state index in [1.807, 2.05) is 31.2 Å². The SMILES string of the molecule is CC(C)Cn1c(CCC2(C)OCCO2)nc2c[n+]([O-])c3ccccc3c21. The summed E-state index contributed by atoms with van der Waals surface area (Å²) in [5, 5.41) is 13.3. The second-order valence-electron chi connectivity index (χ2n) is 7.57. The smallest absolute Gasteiger partial charge is 0.226 e. The van der Waals surface area contributed by atoms with Crippen molar-refractivity contribution in [3.8, 4) is 0 Å². The zero-order chi connectivity index (χ0) is 18.3. The quantitative estimate of drug-likeness (QED) is 0.521. The van der Waals surface area contributed by atoms with Crippen LogP contribution in [-0.2, 0) is 22.4 Å². The van der Waals surface area contributed by atoms with Gasteiger partial charge in [-0.25, -0.2) is 4.98 Å². The van der Waals surface area contributed by atoms with Gasteiger partial charge in [-0.05, 0) is 18.9 Å². The van der Waals surface area contributed by atoms with Crippen molar-refractivity contribution in [2.75, 3.05) is 13.2 Å². The number of hydrogen-bond donors (Lipinski definition) is 0. The highest BCUT2D eigenvalue weighted by Gasteiger charge is 2.31. The van der Waals surface area contributed by atoms with Crippen LogP contribution in [0.1, 0.15) is 33.0 Å². The standard InChI is InChI=1S/C20H25N3O3/c1-14(2)12-22-18(8-9-20(3)25-10-11-26-20)21-16-13-23(24)17-7-5-4-6-15(17)19(16)22/h4-7,13-14H,8-12H2,1-3H3. The largest absolute Gasteiger partial charge is 0.618 e. The summed E-state index contributed by atoms with van der Waals surface area (Å²) < 4.78 is 14.6. The third kappa shape index (κ3) is 3.04. The fourth-order valence-electron chi connectivity index (χ4n) is 3.73. The Labute approximate surface area is 152 Å². The molecule has 1 saturated heterocycles. The molecule has 3 aromatic rings. The van der Waals surface area contributed by atoms with Crippen LogP contribution in [0, 0.1) is 11.1 Å². The van der Waals surface area contributed by atoms with Crippen LogP contribution in [-0.4, -0.2) is 28.6 Å². The van der Waals surface area contributed by atoms with Crippen molar-refractivity contribution in [2.24, 2.45) is 5.92 Å². The number of pyridine rings is 1. The fourth-order valence-corrected chi connectivity index (χ4v) is 3.73. The van der Waals surface area contributed by atoms with Gasteiger partial charge in [-0.1, -0.05) is 26.0 Å². The fraction of sp³-hybridized carbons (Fsp3) is 0.500. The van der Waals surface area contributed by atoms with Crippen molar-refractivity contribution in [3.05, 3.63) is 41.5 Å². The molecule has 26 heavy (non-hydrogen) atoms. The number of benzene rings is 1. The lowest BCUT2D eigenvalue weighted by molar-refractivity contribution is -0.575. The normalized spacial score (nSPS) is 16.9. The van der Waals surface area contributed by atoms with Gasteiger partial charge in [0.1, 0.15) is 5.82 Å². The lowest BCUT2D eigenvalue weighted by Crippen LogP contribution is -2.27. The Morgan fingerprint density at radius 2 is 2.00 bits per heavy atom. The summed E-state index contributed by atoms with van der Waals surface area (Å²) in [6.45, 7) is 8.51. The van der Waals surface area contributed by atoms with Crippen LogP contribution < -0.4 is 4.73 Å². The number of nitrogens with zero attached hydrogens (tertiary/aromatic N) is 3. The zero-order valence-corrected chi connectivity index (χ0v) is 15.6. The van der Waals surface area contributed by atoms with E-state index in [4.69, 9.17) is 14.5 Å². The summed E-state index contributed by atoms with van der Waals surface area (Å²) in [5.41, 5.74) is 2.45. The number of aryl methyl sites for hydroxylation is 1. The zero-order valence-electron chi connectivity index (χ0n) is 15.6. The molecule has 1 fully saturated rings. The molecule has 0 atom stereocenters. The average molecular weight is 355 g/mol. The first-order valence-corrected chi connectivity index (χ1v) is 9.25. The number of para-hydroxylation sites is 1. The van der Waals surface area contributed by atoms with Crippen LogP contribution in [0.15, 0.2) is 30.5 Å². The first-order chi connectivity index (χ1) is 12.5. The molecule has 6 nitrogen and oxygen atoms in total. The molecular weight excluding hydrogens is 330 g/mol. The van der Waals surface area contributed by atoms with E-state index in [2.05, 4.69) is 18.4 Å². The molecule has 0 N–H and O–H groups in total. The molecule has 138 valence electrons. The number of imidazole rings is 1. The summed E-state index contributed by atoms with van der Waals surface area (Å²) >= 11 is 0. The maximum atomic E-state index is 12.4. The number of ether oxygens (including phenoxy) is 2. The molecule has 0 aliphatic carbocycles. The van der Waals surface area contributed by atoms with E-state index in [-0.39, 0.29) is 0 Å². The van der Waals surface area contributed by atoms with E-state index in [1.165, 1.54) is 0 Å². The molecule has 3 heterocycles. The van der Waals surface area contributed by atoms with Crippen LogP contribution >= 0.6 is 0 Å². The van der Waals surface area contributed by atoms with E-state index >= 15 is 0 Å². The second kappa shape index (κ2) is 6.52. The average Bonchev–Trinajstić information content (AvgIpc) is 3.18. The molecule has 0 amide bonds. The number of aromatic nitrogens is 3. The van der Waals surface area contributed by atoms with Crippen molar-refractivity contribution in [3.63, 3.8) is 0 Å². The minimum atomic E-state index is -0.540. The molecule has 2 aromatic heterocycles. The molecule has 0 spiro atoms. The van der Waals surface area contributed by atoms with Crippen molar-refractivity contribution in [2.45, 2.75) is 45.9 Å². The monoisotopic (exact) mass is 355 g/mol. The summed E-state index contributed by atoms with van der Waals surface area (Å²) in [5.74, 6) is 0.908. The van der Waals surface area contributed by atoms with Crippen molar-refractivity contribution in [1.29, 1.82) is 0 Å². The maximum Gasteiger partial charge on any atom is 0.226 e. The van der Waals surface area contributed by atoms with Gasteiger partial charge in [0, 0.05) is 25.5 Å². The maximum absolute atomic E-state index is 12.4. The first kappa shape index (κ1) is 17.2.